The number of methoxy groups -OCH3 is 2. The zero-order valence-electron chi connectivity index (χ0n) is 9.74. The molecule has 1 rings (SSSR count). The van der Waals surface area contributed by atoms with Gasteiger partial charge in [0.05, 0.1) is 33.3 Å². The van der Waals surface area contributed by atoms with Crippen LogP contribution in [-0.4, -0.2) is 20.8 Å². The van der Waals surface area contributed by atoms with Gasteiger partial charge in [0.25, 0.3) is 0 Å². The van der Waals surface area contributed by atoms with Gasteiger partial charge in [-0.25, -0.2) is 0 Å². The number of nitrogens with zero attached hydrogens (tertiary/aromatic N) is 1. The molecule has 0 saturated carbocycles. The summed E-state index contributed by atoms with van der Waals surface area (Å²) >= 11 is 0. The molecule has 0 aliphatic heterocycles. The molecule has 16 heavy (non-hydrogen) atoms. The molecule has 1 aromatic rings. The average Bonchev–Trinajstić information content (AvgIpc) is 2.31. The van der Waals surface area contributed by atoms with Crippen LogP contribution < -0.4 is 14.2 Å². The lowest BCUT2D eigenvalue weighted by Crippen LogP contribution is -1.99. The van der Waals surface area contributed by atoms with Crippen LogP contribution in [0, 0.1) is 11.3 Å². The van der Waals surface area contributed by atoms with Crippen molar-refractivity contribution in [2.75, 3.05) is 20.8 Å². The smallest absolute Gasteiger partial charge is 0.203 e. The van der Waals surface area contributed by atoms with Crippen molar-refractivity contribution in [3.63, 3.8) is 0 Å². The van der Waals surface area contributed by atoms with Gasteiger partial charge >= 0.3 is 0 Å². The standard InChI is InChI=1S/C12H15NO3/c1-4-16-12-10(14-2)7-9(5-6-13)8-11(12)15-3/h7-8H,4-5H2,1-3H3. The highest BCUT2D eigenvalue weighted by Gasteiger charge is 2.13. The summed E-state index contributed by atoms with van der Waals surface area (Å²) < 4.78 is 15.9. The Balaban J connectivity index is 3.20. The van der Waals surface area contributed by atoms with E-state index in [0.29, 0.717) is 30.3 Å². The number of nitriles is 1. The van der Waals surface area contributed by atoms with Crippen molar-refractivity contribution >= 4 is 0 Å². The molecule has 0 radical (unpaired) electrons. The molecule has 0 heterocycles. The molecule has 0 aliphatic rings. The molecule has 0 spiro atoms. The minimum absolute atomic E-state index is 0.319. The quantitative estimate of drug-likeness (QED) is 0.764. The van der Waals surface area contributed by atoms with Crippen LogP contribution in [0.1, 0.15) is 12.5 Å². The highest BCUT2D eigenvalue weighted by molar-refractivity contribution is 5.54. The molecular formula is C12H15NO3. The highest BCUT2D eigenvalue weighted by Crippen LogP contribution is 2.38. The van der Waals surface area contributed by atoms with Crippen LogP contribution in [0.2, 0.25) is 0 Å². The van der Waals surface area contributed by atoms with Gasteiger partial charge in [0, 0.05) is 0 Å². The van der Waals surface area contributed by atoms with Crippen molar-refractivity contribution in [2.45, 2.75) is 13.3 Å². The van der Waals surface area contributed by atoms with E-state index in [1.54, 1.807) is 26.4 Å². The average molecular weight is 221 g/mol. The second-order valence-corrected chi connectivity index (χ2v) is 3.10. The minimum Gasteiger partial charge on any atom is -0.493 e. The van der Waals surface area contributed by atoms with E-state index in [1.807, 2.05) is 6.92 Å². The second kappa shape index (κ2) is 5.86. The van der Waals surface area contributed by atoms with E-state index in [2.05, 4.69) is 6.07 Å². The van der Waals surface area contributed by atoms with E-state index in [0.717, 1.165) is 5.56 Å². The Bertz CT molecular complexity index is 371. The lowest BCUT2D eigenvalue weighted by atomic mass is 10.1. The lowest BCUT2D eigenvalue weighted by molar-refractivity contribution is 0.288. The third kappa shape index (κ3) is 2.57. The summed E-state index contributed by atoms with van der Waals surface area (Å²) in [4.78, 5) is 0. The first-order valence-electron chi connectivity index (χ1n) is 5.01. The predicted octanol–water partition coefficient (Wildman–Crippen LogP) is 2.17. The summed E-state index contributed by atoms with van der Waals surface area (Å²) in [6.07, 6.45) is 0.319. The number of ether oxygens (including phenoxy) is 3. The summed E-state index contributed by atoms with van der Waals surface area (Å²) in [5.41, 5.74) is 0.847. The fourth-order valence-corrected chi connectivity index (χ4v) is 1.41. The largest absolute Gasteiger partial charge is 0.493 e. The maximum atomic E-state index is 8.66. The monoisotopic (exact) mass is 221 g/mol. The molecule has 4 nitrogen and oxygen atoms in total. The van der Waals surface area contributed by atoms with Crippen LogP contribution in [0.15, 0.2) is 12.1 Å². The Kier molecular flexibility index (Phi) is 4.46. The van der Waals surface area contributed by atoms with Crippen molar-refractivity contribution in [3.05, 3.63) is 17.7 Å². The predicted molar refractivity (Wildman–Crippen MR) is 60.0 cm³/mol. The van der Waals surface area contributed by atoms with Crippen LogP contribution in [0.5, 0.6) is 17.2 Å². The third-order valence-electron chi connectivity index (χ3n) is 2.09. The van der Waals surface area contributed by atoms with Crippen molar-refractivity contribution in [3.8, 4) is 23.3 Å². The Labute approximate surface area is 95.4 Å². The molecule has 0 aromatic heterocycles. The van der Waals surface area contributed by atoms with Gasteiger partial charge in [-0.2, -0.15) is 5.26 Å². The van der Waals surface area contributed by atoms with E-state index >= 15 is 0 Å². The molecule has 0 bridgehead atoms. The molecule has 0 amide bonds. The summed E-state index contributed by atoms with van der Waals surface area (Å²) in [7, 11) is 3.13. The number of hydrogen-bond donors (Lipinski definition) is 0. The van der Waals surface area contributed by atoms with E-state index in [9.17, 15) is 0 Å². The molecule has 0 atom stereocenters. The van der Waals surface area contributed by atoms with Crippen LogP contribution in [-0.2, 0) is 6.42 Å². The molecule has 0 unspecified atom stereocenters. The van der Waals surface area contributed by atoms with Gasteiger partial charge in [0.15, 0.2) is 11.5 Å². The molecule has 0 fully saturated rings. The Hall–Kier alpha value is -1.89. The third-order valence-corrected chi connectivity index (χ3v) is 2.09. The van der Waals surface area contributed by atoms with Crippen LogP contribution in [0.4, 0.5) is 0 Å². The molecule has 0 aliphatic carbocycles. The SMILES string of the molecule is CCOc1c(OC)cc(CC#N)cc1OC. The Morgan fingerprint density at radius 3 is 2.12 bits per heavy atom. The van der Waals surface area contributed by atoms with Crippen LogP contribution >= 0.6 is 0 Å². The Morgan fingerprint density at radius 1 is 1.19 bits per heavy atom. The fraction of sp³-hybridized carbons (Fsp3) is 0.417. The van der Waals surface area contributed by atoms with Crippen molar-refractivity contribution in [2.24, 2.45) is 0 Å². The van der Waals surface area contributed by atoms with Gasteiger partial charge in [0.1, 0.15) is 0 Å². The first-order chi connectivity index (χ1) is 7.76. The highest BCUT2D eigenvalue weighted by atomic mass is 16.5. The molecule has 1 aromatic carbocycles. The maximum absolute atomic E-state index is 8.66. The summed E-state index contributed by atoms with van der Waals surface area (Å²) in [6, 6.07) is 5.66. The second-order valence-electron chi connectivity index (χ2n) is 3.10. The first-order valence-corrected chi connectivity index (χ1v) is 5.01. The number of rotatable bonds is 5. The number of benzene rings is 1. The molecule has 0 saturated heterocycles. The summed E-state index contributed by atoms with van der Waals surface area (Å²) in [6.45, 7) is 2.42. The molecular weight excluding hydrogens is 206 g/mol. The van der Waals surface area contributed by atoms with Gasteiger partial charge in [-0.15, -0.1) is 0 Å². The topological polar surface area (TPSA) is 51.5 Å². The van der Waals surface area contributed by atoms with E-state index in [-0.39, 0.29) is 0 Å². The van der Waals surface area contributed by atoms with Crippen molar-refractivity contribution < 1.29 is 14.2 Å². The van der Waals surface area contributed by atoms with Gasteiger partial charge in [-0.3, -0.25) is 0 Å². The zero-order valence-corrected chi connectivity index (χ0v) is 9.74. The van der Waals surface area contributed by atoms with Crippen molar-refractivity contribution in [1.82, 2.24) is 0 Å². The van der Waals surface area contributed by atoms with Crippen molar-refractivity contribution in [1.29, 1.82) is 5.26 Å². The van der Waals surface area contributed by atoms with E-state index in [4.69, 9.17) is 19.5 Å². The van der Waals surface area contributed by atoms with E-state index in [1.165, 1.54) is 0 Å². The normalized spacial score (nSPS) is 9.38. The lowest BCUT2D eigenvalue weighted by Gasteiger charge is -2.14. The van der Waals surface area contributed by atoms with Crippen LogP contribution in [0.3, 0.4) is 0 Å². The molecule has 4 heteroatoms. The summed E-state index contributed by atoms with van der Waals surface area (Å²) in [5.74, 6) is 1.76. The molecule has 86 valence electrons. The Morgan fingerprint density at radius 2 is 1.75 bits per heavy atom. The molecule has 0 N–H and O–H groups in total. The summed E-state index contributed by atoms with van der Waals surface area (Å²) in [5, 5.41) is 8.66. The first kappa shape index (κ1) is 12.2. The van der Waals surface area contributed by atoms with E-state index < -0.39 is 0 Å². The van der Waals surface area contributed by atoms with Crippen LogP contribution in [0.25, 0.3) is 0 Å². The van der Waals surface area contributed by atoms with Gasteiger partial charge in [0.2, 0.25) is 5.75 Å². The minimum atomic E-state index is 0.319. The van der Waals surface area contributed by atoms with Gasteiger partial charge in [-0.05, 0) is 24.6 Å². The zero-order chi connectivity index (χ0) is 12.0. The fourth-order valence-electron chi connectivity index (χ4n) is 1.41. The number of hydrogen-bond acceptors (Lipinski definition) is 4. The van der Waals surface area contributed by atoms with Gasteiger partial charge in [-0.1, -0.05) is 0 Å². The maximum Gasteiger partial charge on any atom is 0.203 e. The van der Waals surface area contributed by atoms with Gasteiger partial charge < -0.3 is 14.2 Å².